The van der Waals surface area contributed by atoms with Gasteiger partial charge in [-0.05, 0) is 6.92 Å². The first-order chi connectivity index (χ1) is 7.33. The highest BCUT2D eigenvalue weighted by molar-refractivity contribution is 5.80. The normalized spacial score (nSPS) is 11.0. The van der Waals surface area contributed by atoms with Gasteiger partial charge >= 0.3 is 0 Å². The molecule has 0 saturated carbocycles. The van der Waals surface area contributed by atoms with E-state index < -0.39 is 0 Å². The van der Waals surface area contributed by atoms with E-state index in [1.807, 2.05) is 6.92 Å². The van der Waals surface area contributed by atoms with Crippen LogP contribution in [0.15, 0.2) is 6.33 Å². The monoisotopic (exact) mass is 208 g/mol. The fourth-order valence-electron chi connectivity index (χ4n) is 1.25. The summed E-state index contributed by atoms with van der Waals surface area (Å²) in [6, 6.07) is 0. The molecule has 0 bridgehead atoms. The van der Waals surface area contributed by atoms with Gasteiger partial charge in [0, 0.05) is 6.61 Å². The Morgan fingerprint density at radius 1 is 1.47 bits per heavy atom. The van der Waals surface area contributed by atoms with E-state index in [2.05, 4.69) is 20.3 Å². The summed E-state index contributed by atoms with van der Waals surface area (Å²) in [6.07, 6.45) is 1.40. The van der Waals surface area contributed by atoms with Crippen LogP contribution in [0.2, 0.25) is 0 Å². The summed E-state index contributed by atoms with van der Waals surface area (Å²) in [6.45, 7) is 3.82. The van der Waals surface area contributed by atoms with Gasteiger partial charge in [-0.25, -0.2) is 14.6 Å². The van der Waals surface area contributed by atoms with Gasteiger partial charge in [-0.1, -0.05) is 5.21 Å². The van der Waals surface area contributed by atoms with Crippen molar-refractivity contribution in [1.29, 1.82) is 0 Å². The highest BCUT2D eigenvalue weighted by Crippen LogP contribution is 2.11. The van der Waals surface area contributed by atoms with E-state index in [1.165, 1.54) is 6.33 Å². The third-order valence-corrected chi connectivity index (χ3v) is 1.98. The quantitative estimate of drug-likeness (QED) is 0.702. The number of aromatic nitrogens is 5. The maximum absolute atomic E-state index is 5.63. The van der Waals surface area contributed by atoms with Crippen LogP contribution in [0.1, 0.15) is 6.92 Å². The lowest BCUT2D eigenvalue weighted by atomic mass is 10.5. The molecule has 0 unspecified atom stereocenters. The van der Waals surface area contributed by atoms with Crippen LogP contribution in [0.25, 0.3) is 11.2 Å². The molecule has 15 heavy (non-hydrogen) atoms. The molecule has 0 atom stereocenters. The zero-order valence-corrected chi connectivity index (χ0v) is 8.42. The van der Waals surface area contributed by atoms with Crippen molar-refractivity contribution < 1.29 is 4.74 Å². The molecule has 0 aliphatic carbocycles. The number of nitrogens with zero attached hydrogens (tertiary/aromatic N) is 5. The minimum Gasteiger partial charge on any atom is -0.382 e. The van der Waals surface area contributed by atoms with E-state index >= 15 is 0 Å². The van der Waals surface area contributed by atoms with Crippen LogP contribution in [-0.4, -0.2) is 38.2 Å². The molecule has 0 aliphatic heterocycles. The van der Waals surface area contributed by atoms with Gasteiger partial charge in [-0.3, -0.25) is 0 Å². The SMILES string of the molecule is CCOCCn1nnc2c(N)ncnc21. The number of nitrogens with two attached hydrogens (primary N) is 1. The lowest BCUT2D eigenvalue weighted by Crippen LogP contribution is -2.08. The molecule has 0 aromatic carbocycles. The van der Waals surface area contributed by atoms with Crippen LogP contribution in [0.5, 0.6) is 0 Å². The lowest BCUT2D eigenvalue weighted by molar-refractivity contribution is 0.136. The van der Waals surface area contributed by atoms with Crippen molar-refractivity contribution in [1.82, 2.24) is 25.0 Å². The molecule has 0 saturated heterocycles. The average molecular weight is 208 g/mol. The Labute approximate surface area is 86.3 Å². The van der Waals surface area contributed by atoms with E-state index in [4.69, 9.17) is 10.5 Å². The molecule has 0 aliphatic rings. The van der Waals surface area contributed by atoms with E-state index in [0.29, 0.717) is 36.7 Å². The second-order valence-electron chi connectivity index (χ2n) is 2.94. The smallest absolute Gasteiger partial charge is 0.183 e. The van der Waals surface area contributed by atoms with Crippen molar-refractivity contribution >= 4 is 17.0 Å². The molecule has 7 nitrogen and oxygen atoms in total. The van der Waals surface area contributed by atoms with Crippen molar-refractivity contribution in [2.75, 3.05) is 18.9 Å². The summed E-state index contributed by atoms with van der Waals surface area (Å²) in [5.41, 5.74) is 6.80. The van der Waals surface area contributed by atoms with E-state index in [1.54, 1.807) is 4.68 Å². The number of nitrogen functional groups attached to an aromatic ring is 1. The molecule has 2 aromatic rings. The molecule has 0 spiro atoms. The molecular formula is C8H12N6O. The van der Waals surface area contributed by atoms with Crippen molar-refractivity contribution in [3.8, 4) is 0 Å². The van der Waals surface area contributed by atoms with E-state index in [-0.39, 0.29) is 0 Å². The lowest BCUT2D eigenvalue weighted by Gasteiger charge is -2.01. The van der Waals surface area contributed by atoms with E-state index in [0.717, 1.165) is 0 Å². The second kappa shape index (κ2) is 4.18. The number of fused-ring (bicyclic) bond motifs is 1. The van der Waals surface area contributed by atoms with Crippen molar-refractivity contribution in [3.63, 3.8) is 0 Å². The Balaban J connectivity index is 2.25. The molecule has 2 heterocycles. The summed E-state index contributed by atoms with van der Waals surface area (Å²) in [5, 5.41) is 7.84. The highest BCUT2D eigenvalue weighted by atomic mass is 16.5. The molecule has 80 valence electrons. The zero-order chi connectivity index (χ0) is 10.7. The molecule has 0 fully saturated rings. The second-order valence-corrected chi connectivity index (χ2v) is 2.94. The Kier molecular flexibility index (Phi) is 2.72. The third kappa shape index (κ3) is 1.86. The fourth-order valence-corrected chi connectivity index (χ4v) is 1.25. The number of anilines is 1. The average Bonchev–Trinajstić information content (AvgIpc) is 2.64. The van der Waals surface area contributed by atoms with Gasteiger partial charge < -0.3 is 10.5 Å². The minimum atomic E-state index is 0.350. The molecule has 0 radical (unpaired) electrons. The topological polar surface area (TPSA) is 91.7 Å². The summed E-state index contributed by atoms with van der Waals surface area (Å²) in [4.78, 5) is 7.91. The van der Waals surface area contributed by atoms with Gasteiger partial charge in [0.25, 0.3) is 0 Å². The van der Waals surface area contributed by atoms with Gasteiger partial charge in [-0.2, -0.15) is 0 Å². The van der Waals surface area contributed by atoms with Gasteiger partial charge in [0.15, 0.2) is 17.0 Å². The fraction of sp³-hybridized carbons (Fsp3) is 0.500. The Bertz CT molecular complexity index is 453. The number of rotatable bonds is 4. The zero-order valence-electron chi connectivity index (χ0n) is 8.42. The van der Waals surface area contributed by atoms with Crippen molar-refractivity contribution in [2.24, 2.45) is 0 Å². The predicted molar refractivity (Wildman–Crippen MR) is 54.0 cm³/mol. The molecule has 2 rings (SSSR count). The standard InChI is InChI=1S/C8H12N6O/c1-2-15-4-3-14-8-6(12-13-14)7(9)10-5-11-8/h5H,2-4H2,1H3,(H2,9,10,11). The number of ether oxygens (including phenoxy) is 1. The molecule has 2 N–H and O–H groups in total. The first kappa shape index (κ1) is 9.78. The van der Waals surface area contributed by atoms with Crippen molar-refractivity contribution in [3.05, 3.63) is 6.33 Å². The van der Waals surface area contributed by atoms with Crippen LogP contribution in [0.4, 0.5) is 5.82 Å². The van der Waals surface area contributed by atoms with Crippen LogP contribution in [-0.2, 0) is 11.3 Å². The minimum absolute atomic E-state index is 0.350. The molecule has 2 aromatic heterocycles. The number of hydrogen-bond donors (Lipinski definition) is 1. The van der Waals surface area contributed by atoms with Crippen molar-refractivity contribution in [2.45, 2.75) is 13.5 Å². The van der Waals surface area contributed by atoms with E-state index in [9.17, 15) is 0 Å². The maximum Gasteiger partial charge on any atom is 0.183 e. The Morgan fingerprint density at radius 2 is 2.33 bits per heavy atom. The highest BCUT2D eigenvalue weighted by Gasteiger charge is 2.08. The Hall–Kier alpha value is -1.76. The van der Waals surface area contributed by atoms with Gasteiger partial charge in [0.2, 0.25) is 0 Å². The summed E-state index contributed by atoms with van der Waals surface area (Å²) in [7, 11) is 0. The van der Waals surface area contributed by atoms with Crippen LogP contribution >= 0.6 is 0 Å². The predicted octanol–water partition coefficient (Wildman–Crippen LogP) is -0.160. The first-order valence-electron chi connectivity index (χ1n) is 4.70. The van der Waals surface area contributed by atoms with Gasteiger partial charge in [0.05, 0.1) is 13.2 Å². The first-order valence-corrected chi connectivity index (χ1v) is 4.70. The number of hydrogen-bond acceptors (Lipinski definition) is 6. The van der Waals surface area contributed by atoms with Crippen LogP contribution < -0.4 is 5.73 Å². The third-order valence-electron chi connectivity index (χ3n) is 1.98. The van der Waals surface area contributed by atoms with Gasteiger partial charge in [-0.15, -0.1) is 5.10 Å². The van der Waals surface area contributed by atoms with Crippen LogP contribution in [0.3, 0.4) is 0 Å². The summed E-state index contributed by atoms with van der Waals surface area (Å²) >= 11 is 0. The largest absolute Gasteiger partial charge is 0.382 e. The maximum atomic E-state index is 5.63. The summed E-state index contributed by atoms with van der Waals surface area (Å²) < 4.78 is 6.88. The van der Waals surface area contributed by atoms with Gasteiger partial charge in [0.1, 0.15) is 6.33 Å². The molecule has 7 heteroatoms. The van der Waals surface area contributed by atoms with Crippen LogP contribution in [0, 0.1) is 0 Å². The molecular weight excluding hydrogens is 196 g/mol. The molecule has 0 amide bonds. The Morgan fingerprint density at radius 3 is 3.13 bits per heavy atom. The summed E-state index contributed by atoms with van der Waals surface area (Å²) in [5.74, 6) is 0.350.